The van der Waals surface area contributed by atoms with Crippen LogP contribution in [0.15, 0.2) is 42.6 Å². The summed E-state index contributed by atoms with van der Waals surface area (Å²) in [5, 5.41) is 6.18. The Labute approximate surface area is 125 Å². The Bertz CT molecular complexity index is 623. The van der Waals surface area contributed by atoms with Gasteiger partial charge in [0.05, 0.1) is 0 Å². The number of nitrogens with zero attached hydrogens (tertiary/aromatic N) is 1. The molecule has 1 aromatic heterocycles. The number of aromatic nitrogens is 1. The summed E-state index contributed by atoms with van der Waals surface area (Å²) in [6, 6.07) is 11.3. The van der Waals surface area contributed by atoms with Crippen molar-refractivity contribution in [2.24, 2.45) is 5.92 Å². The van der Waals surface area contributed by atoms with Gasteiger partial charge in [0.2, 0.25) is 0 Å². The van der Waals surface area contributed by atoms with Crippen LogP contribution in [0.2, 0.25) is 0 Å². The maximum Gasteiger partial charge on any atom is 0.274 e. The Balaban J connectivity index is 2.09. The highest BCUT2D eigenvalue weighted by molar-refractivity contribution is 6.03. The molecule has 0 fully saturated rings. The fraction of sp³-hybridized carbons (Fsp3) is 0.294. The maximum atomic E-state index is 12.3. The first-order chi connectivity index (χ1) is 10.1. The van der Waals surface area contributed by atoms with E-state index in [0.717, 1.165) is 23.5 Å². The number of rotatable bonds is 5. The van der Waals surface area contributed by atoms with Gasteiger partial charge >= 0.3 is 0 Å². The lowest BCUT2D eigenvalue weighted by atomic mass is 10.2. The van der Waals surface area contributed by atoms with Crippen molar-refractivity contribution in [3.8, 4) is 0 Å². The lowest BCUT2D eigenvalue weighted by molar-refractivity contribution is 0.102. The number of anilines is 2. The summed E-state index contributed by atoms with van der Waals surface area (Å²) in [5.41, 5.74) is 3.16. The smallest absolute Gasteiger partial charge is 0.274 e. The van der Waals surface area contributed by atoms with Crippen LogP contribution in [0.4, 0.5) is 11.4 Å². The van der Waals surface area contributed by atoms with Crippen LogP contribution in [0.3, 0.4) is 0 Å². The lowest BCUT2D eigenvalue weighted by Gasteiger charge is -2.11. The van der Waals surface area contributed by atoms with E-state index in [9.17, 15) is 4.79 Å². The van der Waals surface area contributed by atoms with E-state index >= 15 is 0 Å². The molecule has 1 aromatic carbocycles. The Morgan fingerprint density at radius 2 is 2.00 bits per heavy atom. The molecule has 0 saturated heterocycles. The number of aryl methyl sites for hydroxylation is 1. The number of hydrogen-bond acceptors (Lipinski definition) is 3. The van der Waals surface area contributed by atoms with Crippen LogP contribution in [0, 0.1) is 12.8 Å². The summed E-state index contributed by atoms with van der Waals surface area (Å²) in [6.07, 6.45) is 1.65. The molecule has 4 nitrogen and oxygen atoms in total. The van der Waals surface area contributed by atoms with Crippen molar-refractivity contribution in [1.82, 2.24) is 4.98 Å². The third-order valence-corrected chi connectivity index (χ3v) is 3.10. The number of hydrogen-bond donors (Lipinski definition) is 2. The van der Waals surface area contributed by atoms with E-state index in [1.165, 1.54) is 0 Å². The van der Waals surface area contributed by atoms with Gasteiger partial charge in [-0.1, -0.05) is 32.0 Å². The van der Waals surface area contributed by atoms with E-state index in [0.29, 0.717) is 11.6 Å². The molecule has 0 bridgehead atoms. The van der Waals surface area contributed by atoms with Crippen molar-refractivity contribution < 1.29 is 4.79 Å². The molecule has 21 heavy (non-hydrogen) atoms. The van der Waals surface area contributed by atoms with E-state index in [1.54, 1.807) is 12.3 Å². The number of amides is 1. The molecule has 0 spiro atoms. The van der Waals surface area contributed by atoms with Crippen molar-refractivity contribution in [3.63, 3.8) is 0 Å². The minimum Gasteiger partial charge on any atom is -0.385 e. The van der Waals surface area contributed by atoms with Gasteiger partial charge in [0.1, 0.15) is 5.69 Å². The van der Waals surface area contributed by atoms with Gasteiger partial charge in [-0.25, -0.2) is 0 Å². The quantitative estimate of drug-likeness (QED) is 0.879. The highest BCUT2D eigenvalue weighted by atomic mass is 16.1. The summed E-state index contributed by atoms with van der Waals surface area (Å²) < 4.78 is 0. The third-order valence-electron chi connectivity index (χ3n) is 3.10. The van der Waals surface area contributed by atoms with Crippen LogP contribution in [-0.2, 0) is 0 Å². The molecular weight excluding hydrogens is 262 g/mol. The van der Waals surface area contributed by atoms with Crippen LogP contribution in [0.25, 0.3) is 0 Å². The van der Waals surface area contributed by atoms with E-state index in [2.05, 4.69) is 29.5 Å². The highest BCUT2D eigenvalue weighted by Gasteiger charge is 2.09. The molecule has 0 aliphatic heterocycles. The Hall–Kier alpha value is -2.36. The zero-order chi connectivity index (χ0) is 15.2. The second kappa shape index (κ2) is 6.88. The molecular formula is C17H21N3O. The molecule has 1 amide bonds. The van der Waals surface area contributed by atoms with E-state index in [1.807, 2.05) is 37.3 Å². The number of pyridine rings is 1. The van der Waals surface area contributed by atoms with Crippen LogP contribution in [0.5, 0.6) is 0 Å². The molecule has 0 aliphatic carbocycles. The van der Waals surface area contributed by atoms with Gasteiger partial charge in [-0.3, -0.25) is 9.78 Å². The number of carbonyl (C=O) groups is 1. The number of benzene rings is 1. The fourth-order valence-electron chi connectivity index (χ4n) is 1.89. The standard InChI is InChI=1S/C17H21N3O/c1-12(2)11-19-14-8-9-18-16(10-14)17(21)20-15-7-5-4-6-13(15)3/h4-10,12H,11H2,1-3H3,(H,18,19)(H,20,21). The average molecular weight is 283 g/mol. The van der Waals surface area contributed by atoms with Gasteiger partial charge in [-0.15, -0.1) is 0 Å². The molecule has 0 atom stereocenters. The predicted molar refractivity (Wildman–Crippen MR) is 86.7 cm³/mol. The van der Waals surface area contributed by atoms with Crippen molar-refractivity contribution in [1.29, 1.82) is 0 Å². The van der Waals surface area contributed by atoms with Crippen LogP contribution in [-0.4, -0.2) is 17.4 Å². The van der Waals surface area contributed by atoms with Crippen molar-refractivity contribution in [2.45, 2.75) is 20.8 Å². The molecule has 2 N–H and O–H groups in total. The average Bonchev–Trinajstić information content (AvgIpc) is 2.48. The van der Waals surface area contributed by atoms with Crippen molar-refractivity contribution >= 4 is 17.3 Å². The molecule has 2 aromatic rings. The fourth-order valence-corrected chi connectivity index (χ4v) is 1.89. The number of nitrogens with one attached hydrogen (secondary N) is 2. The predicted octanol–water partition coefficient (Wildman–Crippen LogP) is 3.71. The highest BCUT2D eigenvalue weighted by Crippen LogP contribution is 2.15. The minimum absolute atomic E-state index is 0.197. The van der Waals surface area contributed by atoms with Crippen molar-refractivity contribution in [3.05, 3.63) is 53.9 Å². The summed E-state index contributed by atoms with van der Waals surface area (Å²) in [7, 11) is 0. The summed E-state index contributed by atoms with van der Waals surface area (Å²) in [5.74, 6) is 0.347. The molecule has 4 heteroatoms. The van der Waals surface area contributed by atoms with Gasteiger partial charge in [-0.2, -0.15) is 0 Å². The van der Waals surface area contributed by atoms with Gasteiger partial charge < -0.3 is 10.6 Å². The summed E-state index contributed by atoms with van der Waals surface area (Å²) >= 11 is 0. The zero-order valence-corrected chi connectivity index (χ0v) is 12.7. The zero-order valence-electron chi connectivity index (χ0n) is 12.7. The molecule has 1 heterocycles. The Morgan fingerprint density at radius 1 is 1.24 bits per heavy atom. The van der Waals surface area contributed by atoms with Crippen LogP contribution < -0.4 is 10.6 Å². The number of carbonyl (C=O) groups excluding carboxylic acids is 1. The minimum atomic E-state index is -0.197. The second-order valence-electron chi connectivity index (χ2n) is 5.47. The second-order valence-corrected chi connectivity index (χ2v) is 5.47. The lowest BCUT2D eigenvalue weighted by Crippen LogP contribution is -2.15. The number of para-hydroxylation sites is 1. The molecule has 0 aliphatic rings. The van der Waals surface area contributed by atoms with Crippen molar-refractivity contribution in [2.75, 3.05) is 17.2 Å². The topological polar surface area (TPSA) is 54.0 Å². The molecule has 2 rings (SSSR count). The SMILES string of the molecule is Cc1ccccc1NC(=O)c1cc(NCC(C)C)ccn1. The van der Waals surface area contributed by atoms with Gasteiger partial charge in [-0.05, 0) is 36.6 Å². The maximum absolute atomic E-state index is 12.3. The first-order valence-electron chi connectivity index (χ1n) is 7.13. The Morgan fingerprint density at radius 3 is 2.71 bits per heavy atom. The molecule has 0 saturated carbocycles. The third kappa shape index (κ3) is 4.31. The van der Waals surface area contributed by atoms with Crippen LogP contribution >= 0.6 is 0 Å². The molecule has 0 unspecified atom stereocenters. The van der Waals surface area contributed by atoms with Crippen LogP contribution in [0.1, 0.15) is 29.9 Å². The van der Waals surface area contributed by atoms with Gasteiger partial charge in [0, 0.05) is 24.1 Å². The largest absolute Gasteiger partial charge is 0.385 e. The molecule has 110 valence electrons. The van der Waals surface area contributed by atoms with E-state index < -0.39 is 0 Å². The first kappa shape index (κ1) is 15.0. The van der Waals surface area contributed by atoms with E-state index in [4.69, 9.17) is 0 Å². The van der Waals surface area contributed by atoms with Gasteiger partial charge in [0.15, 0.2) is 0 Å². The van der Waals surface area contributed by atoms with Gasteiger partial charge in [0.25, 0.3) is 5.91 Å². The normalized spacial score (nSPS) is 10.5. The first-order valence-corrected chi connectivity index (χ1v) is 7.13. The van der Waals surface area contributed by atoms with E-state index in [-0.39, 0.29) is 5.91 Å². The molecule has 0 radical (unpaired) electrons. The monoisotopic (exact) mass is 283 g/mol. The summed E-state index contributed by atoms with van der Waals surface area (Å²) in [4.78, 5) is 16.4. The Kier molecular flexibility index (Phi) is 4.93. The summed E-state index contributed by atoms with van der Waals surface area (Å²) in [6.45, 7) is 7.10.